The van der Waals surface area contributed by atoms with Gasteiger partial charge in [0, 0.05) is 0 Å². The van der Waals surface area contributed by atoms with Crippen molar-refractivity contribution in [1.29, 1.82) is 5.41 Å². The van der Waals surface area contributed by atoms with E-state index in [0.717, 1.165) is 0 Å². The second-order valence-electron chi connectivity index (χ2n) is 1.18. The predicted octanol–water partition coefficient (Wildman–Crippen LogP) is -0.388. The van der Waals surface area contributed by atoms with Gasteiger partial charge < -0.3 is 16.2 Å². The molecule has 0 heterocycles. The zero-order valence-electron chi connectivity index (χ0n) is 4.55. The average molecular weight is 154 g/mol. The number of hydrogen-bond donors (Lipinski definition) is 4. The summed E-state index contributed by atoms with van der Waals surface area (Å²) in [6.07, 6.45) is -1.17. The van der Waals surface area contributed by atoms with Crippen LogP contribution < -0.4 is 11.1 Å². The second kappa shape index (κ2) is 5.17. The van der Waals surface area contributed by atoms with Gasteiger partial charge in [-0.3, -0.25) is 5.41 Å². The number of carbonyl (C=O) groups is 1. The van der Waals surface area contributed by atoms with Crippen molar-refractivity contribution in [1.82, 2.24) is 5.32 Å². The molecule has 54 valence electrons. The van der Waals surface area contributed by atoms with Gasteiger partial charge in [-0.2, -0.15) is 0 Å². The molecule has 0 radical (unpaired) electrons. The van der Waals surface area contributed by atoms with Crippen molar-refractivity contribution in [3.63, 3.8) is 0 Å². The molecule has 5 N–H and O–H groups in total. The summed E-state index contributed by atoms with van der Waals surface area (Å²) in [6, 6.07) is 0. The molecule has 0 unspecified atom stereocenters. The lowest BCUT2D eigenvalue weighted by atomic mass is 10.6. The van der Waals surface area contributed by atoms with Crippen LogP contribution in [0.4, 0.5) is 4.79 Å². The van der Waals surface area contributed by atoms with Crippen LogP contribution in [0.15, 0.2) is 0 Å². The molecule has 0 aromatic heterocycles. The SMILES string of the molecule is Cl.N=C(N)CNC(=O)O. The molecule has 0 aromatic carbocycles. The maximum absolute atomic E-state index is 9.64. The minimum Gasteiger partial charge on any atom is -0.465 e. The zero-order chi connectivity index (χ0) is 6.57. The molecule has 0 saturated heterocycles. The highest BCUT2D eigenvalue weighted by Crippen LogP contribution is 1.58. The number of nitrogens with two attached hydrogens (primary N) is 1. The van der Waals surface area contributed by atoms with Gasteiger partial charge in [0.2, 0.25) is 0 Å². The van der Waals surface area contributed by atoms with E-state index < -0.39 is 6.09 Å². The van der Waals surface area contributed by atoms with Gasteiger partial charge in [-0.1, -0.05) is 0 Å². The van der Waals surface area contributed by atoms with E-state index in [1.165, 1.54) is 0 Å². The van der Waals surface area contributed by atoms with Gasteiger partial charge >= 0.3 is 6.09 Å². The van der Waals surface area contributed by atoms with E-state index >= 15 is 0 Å². The molecule has 0 saturated carbocycles. The standard InChI is InChI=1S/C3H7N3O2.ClH/c4-2(5)1-6-3(7)8;/h6H,1H2,(H3,4,5)(H,7,8);1H. The van der Waals surface area contributed by atoms with Crippen LogP contribution in [0, 0.1) is 5.41 Å². The summed E-state index contributed by atoms with van der Waals surface area (Å²) >= 11 is 0. The lowest BCUT2D eigenvalue weighted by Crippen LogP contribution is -2.31. The Labute approximate surface area is 58.2 Å². The summed E-state index contributed by atoms with van der Waals surface area (Å²) in [5, 5.41) is 16.4. The van der Waals surface area contributed by atoms with Gasteiger partial charge in [0.15, 0.2) is 0 Å². The molecule has 5 nitrogen and oxygen atoms in total. The second-order valence-corrected chi connectivity index (χ2v) is 1.18. The summed E-state index contributed by atoms with van der Waals surface area (Å²) in [4.78, 5) is 9.64. The first-order chi connectivity index (χ1) is 3.63. The molecule has 0 aliphatic rings. The molecule has 0 rings (SSSR count). The molecule has 0 bridgehead atoms. The van der Waals surface area contributed by atoms with Crippen LogP contribution in [-0.2, 0) is 0 Å². The smallest absolute Gasteiger partial charge is 0.405 e. The molecule has 0 aromatic rings. The Morgan fingerprint density at radius 1 is 1.78 bits per heavy atom. The van der Waals surface area contributed by atoms with Gasteiger partial charge in [-0.15, -0.1) is 12.4 Å². The summed E-state index contributed by atoms with van der Waals surface area (Å²) in [6.45, 7) is -0.102. The van der Waals surface area contributed by atoms with Crippen LogP contribution in [-0.4, -0.2) is 23.6 Å². The number of halogens is 1. The maximum Gasteiger partial charge on any atom is 0.405 e. The third-order valence-corrected chi connectivity index (χ3v) is 0.430. The fourth-order valence-electron chi connectivity index (χ4n) is 0.171. The molecule has 0 aliphatic carbocycles. The normalized spacial score (nSPS) is 7.11. The van der Waals surface area contributed by atoms with Crippen molar-refractivity contribution in [3.8, 4) is 0 Å². The molecule has 0 fully saturated rings. The molecule has 0 aliphatic heterocycles. The summed E-state index contributed by atoms with van der Waals surface area (Å²) in [5.41, 5.74) is 4.80. The topological polar surface area (TPSA) is 99.2 Å². The average Bonchev–Trinajstić information content (AvgIpc) is 1.61. The summed E-state index contributed by atoms with van der Waals surface area (Å²) in [5.74, 6) is -0.188. The quantitative estimate of drug-likeness (QED) is 0.321. The fraction of sp³-hybridized carbons (Fsp3) is 0.333. The van der Waals surface area contributed by atoms with Crippen LogP contribution in [0.3, 0.4) is 0 Å². The van der Waals surface area contributed by atoms with Crippen molar-refractivity contribution in [3.05, 3.63) is 0 Å². The highest BCUT2D eigenvalue weighted by Gasteiger charge is 1.91. The fourth-order valence-corrected chi connectivity index (χ4v) is 0.171. The van der Waals surface area contributed by atoms with Gasteiger partial charge in [0.1, 0.15) is 5.84 Å². The van der Waals surface area contributed by atoms with Crippen LogP contribution in [0.2, 0.25) is 0 Å². The molecular formula is C3H8ClN3O2. The number of nitrogens with one attached hydrogen (secondary N) is 2. The summed E-state index contributed by atoms with van der Waals surface area (Å²) in [7, 11) is 0. The Bertz CT molecular complexity index is 102. The largest absolute Gasteiger partial charge is 0.465 e. The first kappa shape index (κ1) is 10.9. The Balaban J connectivity index is 0. The molecule has 0 atom stereocenters. The number of rotatable bonds is 2. The number of carboxylic acid groups (broad SMARTS) is 1. The number of amides is 1. The van der Waals surface area contributed by atoms with Gasteiger partial charge in [0.25, 0.3) is 0 Å². The van der Waals surface area contributed by atoms with E-state index in [2.05, 4.69) is 0 Å². The van der Waals surface area contributed by atoms with Crippen molar-refractivity contribution in [2.24, 2.45) is 5.73 Å². The zero-order valence-corrected chi connectivity index (χ0v) is 5.36. The first-order valence-electron chi connectivity index (χ1n) is 1.92. The molecule has 6 heteroatoms. The van der Waals surface area contributed by atoms with Gasteiger partial charge in [-0.05, 0) is 0 Å². The van der Waals surface area contributed by atoms with Gasteiger partial charge in [0.05, 0.1) is 6.54 Å². The van der Waals surface area contributed by atoms with Crippen molar-refractivity contribution in [2.75, 3.05) is 6.54 Å². The lowest BCUT2D eigenvalue weighted by molar-refractivity contribution is 0.196. The van der Waals surface area contributed by atoms with Crippen molar-refractivity contribution >= 4 is 24.3 Å². The Morgan fingerprint density at radius 2 is 2.22 bits per heavy atom. The molecule has 9 heavy (non-hydrogen) atoms. The first-order valence-corrected chi connectivity index (χ1v) is 1.92. The number of amidine groups is 1. The van der Waals surface area contributed by atoms with E-state index in [1.807, 2.05) is 5.32 Å². The van der Waals surface area contributed by atoms with Crippen molar-refractivity contribution in [2.45, 2.75) is 0 Å². The minimum atomic E-state index is -1.17. The highest BCUT2D eigenvalue weighted by molar-refractivity contribution is 5.85. The summed E-state index contributed by atoms with van der Waals surface area (Å²) < 4.78 is 0. The Kier molecular flexibility index (Phi) is 6.27. The van der Waals surface area contributed by atoms with E-state index in [-0.39, 0.29) is 24.8 Å². The Hall–Kier alpha value is -0.970. The third-order valence-electron chi connectivity index (χ3n) is 0.430. The molecular weight excluding hydrogens is 146 g/mol. The van der Waals surface area contributed by atoms with Gasteiger partial charge in [-0.25, -0.2) is 4.79 Å². The van der Waals surface area contributed by atoms with Crippen LogP contribution >= 0.6 is 12.4 Å². The minimum absolute atomic E-state index is 0. The van der Waals surface area contributed by atoms with Crippen molar-refractivity contribution < 1.29 is 9.90 Å². The lowest BCUT2D eigenvalue weighted by Gasteiger charge is -1.94. The third kappa shape index (κ3) is 11.0. The number of hydrogen-bond acceptors (Lipinski definition) is 2. The highest BCUT2D eigenvalue weighted by atomic mass is 35.5. The predicted molar refractivity (Wildman–Crippen MR) is 35.2 cm³/mol. The molecule has 1 amide bonds. The molecule has 0 spiro atoms. The van der Waals surface area contributed by atoms with E-state index in [1.54, 1.807) is 0 Å². The van der Waals surface area contributed by atoms with E-state index in [9.17, 15) is 4.79 Å². The monoisotopic (exact) mass is 153 g/mol. The van der Waals surface area contributed by atoms with E-state index in [0.29, 0.717) is 0 Å². The van der Waals surface area contributed by atoms with Crippen LogP contribution in [0.25, 0.3) is 0 Å². The van der Waals surface area contributed by atoms with E-state index in [4.69, 9.17) is 16.2 Å². The van der Waals surface area contributed by atoms with Crippen LogP contribution in [0.1, 0.15) is 0 Å². The Morgan fingerprint density at radius 3 is 2.33 bits per heavy atom. The van der Waals surface area contributed by atoms with Crippen LogP contribution in [0.5, 0.6) is 0 Å². The maximum atomic E-state index is 9.64.